The van der Waals surface area contributed by atoms with E-state index in [-0.39, 0.29) is 30.0 Å². The Balaban J connectivity index is 1.29. The number of aryl methyl sites for hydroxylation is 3. The Morgan fingerprint density at radius 2 is 1.77 bits per heavy atom. The third kappa shape index (κ3) is 4.89. The quantitative estimate of drug-likeness (QED) is 0.666. The molecule has 6 nitrogen and oxygen atoms in total. The second kappa shape index (κ2) is 9.31. The normalized spacial score (nSPS) is 15.6. The molecule has 152 valence electrons. The molecule has 2 amide bonds. The summed E-state index contributed by atoms with van der Waals surface area (Å²) in [5.41, 5.74) is 4.32. The fourth-order valence-electron chi connectivity index (χ4n) is 3.59. The molecule has 0 saturated heterocycles. The highest BCUT2D eigenvalue weighted by Gasteiger charge is 2.24. The average Bonchev–Trinajstić information content (AvgIpc) is 2.95. The zero-order valence-corrected chi connectivity index (χ0v) is 16.7. The van der Waals surface area contributed by atoms with E-state index in [2.05, 4.69) is 33.0 Å². The van der Waals surface area contributed by atoms with Crippen molar-refractivity contribution in [1.82, 2.24) is 15.5 Å². The maximum absolute atomic E-state index is 12.5. The maximum Gasteiger partial charge on any atom is 0.271 e. The summed E-state index contributed by atoms with van der Waals surface area (Å²) < 4.78 is 0. The number of rotatable bonds is 6. The number of anilines is 1. The van der Waals surface area contributed by atoms with Gasteiger partial charge >= 0.3 is 0 Å². The third-order valence-electron chi connectivity index (χ3n) is 5.38. The van der Waals surface area contributed by atoms with E-state index >= 15 is 0 Å². The molecule has 1 aliphatic heterocycles. The number of carbonyl (C=O) groups excluding carboxylic acids is 2. The molecule has 1 unspecified atom stereocenters. The summed E-state index contributed by atoms with van der Waals surface area (Å²) in [6.07, 6.45) is 3.13. The Kier molecular flexibility index (Phi) is 6.13. The lowest BCUT2D eigenvalue weighted by Crippen LogP contribution is -2.35. The summed E-state index contributed by atoms with van der Waals surface area (Å²) in [5, 5.41) is 14.0. The third-order valence-corrected chi connectivity index (χ3v) is 5.38. The van der Waals surface area contributed by atoms with Crippen LogP contribution in [0, 0.1) is 5.92 Å². The monoisotopic (exact) mass is 400 g/mol. The minimum Gasteiger partial charge on any atom is -0.350 e. The number of aromatic nitrogens is 2. The van der Waals surface area contributed by atoms with Crippen LogP contribution in [0.5, 0.6) is 0 Å². The first kappa shape index (κ1) is 19.8. The molecule has 0 bridgehead atoms. The van der Waals surface area contributed by atoms with E-state index in [1.54, 1.807) is 6.07 Å². The van der Waals surface area contributed by atoms with E-state index < -0.39 is 0 Å². The van der Waals surface area contributed by atoms with Crippen LogP contribution in [-0.2, 0) is 24.1 Å². The van der Waals surface area contributed by atoms with Gasteiger partial charge in [0.2, 0.25) is 5.91 Å². The largest absolute Gasteiger partial charge is 0.350 e. The molecule has 1 aromatic heterocycles. The van der Waals surface area contributed by atoms with Gasteiger partial charge < -0.3 is 10.6 Å². The molecule has 2 N–H and O–H groups in total. The Bertz CT molecular complexity index is 1020. The Morgan fingerprint density at radius 3 is 2.57 bits per heavy atom. The van der Waals surface area contributed by atoms with Crippen molar-refractivity contribution >= 4 is 17.5 Å². The highest BCUT2D eigenvalue weighted by molar-refractivity contribution is 5.95. The molecule has 0 aliphatic carbocycles. The van der Waals surface area contributed by atoms with Gasteiger partial charge in [-0.05, 0) is 55.0 Å². The summed E-state index contributed by atoms with van der Waals surface area (Å²) >= 11 is 0. The van der Waals surface area contributed by atoms with Crippen LogP contribution >= 0.6 is 0 Å². The van der Waals surface area contributed by atoms with Crippen LogP contribution in [0.1, 0.15) is 33.7 Å². The molecule has 0 radical (unpaired) electrons. The summed E-state index contributed by atoms with van der Waals surface area (Å²) in [7, 11) is 0. The molecule has 3 aromatic rings. The zero-order valence-electron chi connectivity index (χ0n) is 16.7. The van der Waals surface area contributed by atoms with Crippen molar-refractivity contribution in [1.29, 1.82) is 0 Å². The highest BCUT2D eigenvalue weighted by Crippen LogP contribution is 2.23. The van der Waals surface area contributed by atoms with Crippen LogP contribution in [0.4, 0.5) is 5.69 Å². The van der Waals surface area contributed by atoms with Crippen molar-refractivity contribution in [3.8, 4) is 0 Å². The van der Waals surface area contributed by atoms with Crippen LogP contribution in [0.2, 0.25) is 0 Å². The first-order valence-corrected chi connectivity index (χ1v) is 10.2. The van der Waals surface area contributed by atoms with Gasteiger partial charge in [0.25, 0.3) is 5.91 Å². The smallest absolute Gasteiger partial charge is 0.271 e. The lowest BCUT2D eigenvalue weighted by molar-refractivity contribution is -0.119. The molecule has 0 fully saturated rings. The number of nitrogens with one attached hydrogen (secondary N) is 2. The lowest BCUT2D eigenvalue weighted by atomic mass is 10.0. The number of hydrogen-bond donors (Lipinski definition) is 2. The molecule has 1 aliphatic rings. The van der Waals surface area contributed by atoms with Crippen molar-refractivity contribution in [3.63, 3.8) is 0 Å². The van der Waals surface area contributed by atoms with Gasteiger partial charge in [-0.2, -0.15) is 5.10 Å². The van der Waals surface area contributed by atoms with Crippen LogP contribution in [-0.4, -0.2) is 28.6 Å². The fraction of sp³-hybridized carbons (Fsp3) is 0.250. The van der Waals surface area contributed by atoms with Gasteiger partial charge in [-0.25, -0.2) is 0 Å². The van der Waals surface area contributed by atoms with E-state index in [4.69, 9.17) is 0 Å². The minimum absolute atomic E-state index is 0.0670. The summed E-state index contributed by atoms with van der Waals surface area (Å²) in [4.78, 5) is 24.9. The van der Waals surface area contributed by atoms with Crippen molar-refractivity contribution in [2.45, 2.75) is 25.7 Å². The standard InChI is InChI=1S/C24H24N4O2/c29-23-19(12-11-18-8-4-5-9-21(18)26-23)16-25-24(30)22-15-14-20(27-28-22)13-10-17-6-2-1-3-7-17/h1-9,14-15,19H,10-13,16H2,(H,25,30)(H,26,29). The van der Waals surface area contributed by atoms with Crippen molar-refractivity contribution < 1.29 is 9.59 Å². The van der Waals surface area contributed by atoms with Gasteiger partial charge in [0.05, 0.1) is 11.6 Å². The number of para-hydroxylation sites is 1. The van der Waals surface area contributed by atoms with Gasteiger partial charge in [-0.15, -0.1) is 5.10 Å². The number of nitrogens with zero attached hydrogens (tertiary/aromatic N) is 2. The molecular weight excluding hydrogens is 376 g/mol. The van der Waals surface area contributed by atoms with Crippen molar-refractivity contribution in [3.05, 3.63) is 89.2 Å². The van der Waals surface area contributed by atoms with E-state index in [0.29, 0.717) is 6.42 Å². The number of hydrogen-bond acceptors (Lipinski definition) is 4. The molecule has 2 aromatic carbocycles. The van der Waals surface area contributed by atoms with E-state index in [1.165, 1.54) is 5.56 Å². The van der Waals surface area contributed by atoms with E-state index in [0.717, 1.165) is 36.2 Å². The molecule has 2 heterocycles. The number of benzene rings is 2. The highest BCUT2D eigenvalue weighted by atomic mass is 16.2. The van der Waals surface area contributed by atoms with Crippen molar-refractivity contribution in [2.75, 3.05) is 11.9 Å². The Morgan fingerprint density at radius 1 is 0.967 bits per heavy atom. The second-order valence-corrected chi connectivity index (χ2v) is 7.49. The first-order chi connectivity index (χ1) is 14.7. The van der Waals surface area contributed by atoms with Gasteiger partial charge in [0.1, 0.15) is 0 Å². The molecule has 4 rings (SSSR count). The summed E-state index contributed by atoms with van der Waals surface area (Å²) in [5.74, 6) is -0.659. The van der Waals surface area contributed by atoms with E-state index in [1.807, 2.05) is 48.5 Å². The number of fused-ring (bicyclic) bond motifs is 1. The molecule has 1 atom stereocenters. The SMILES string of the molecule is O=C(NCC1CCc2ccccc2NC1=O)c1ccc(CCc2ccccc2)nn1. The summed E-state index contributed by atoms with van der Waals surface area (Å²) in [6.45, 7) is 0.274. The lowest BCUT2D eigenvalue weighted by Gasteiger charge is -2.14. The average molecular weight is 400 g/mol. The van der Waals surface area contributed by atoms with Gasteiger partial charge in [-0.1, -0.05) is 48.5 Å². The van der Waals surface area contributed by atoms with Crippen LogP contribution < -0.4 is 10.6 Å². The summed E-state index contributed by atoms with van der Waals surface area (Å²) in [6, 6.07) is 21.5. The second-order valence-electron chi connectivity index (χ2n) is 7.49. The van der Waals surface area contributed by atoms with Crippen LogP contribution in [0.25, 0.3) is 0 Å². The molecule has 0 spiro atoms. The minimum atomic E-state index is -0.313. The predicted molar refractivity (Wildman–Crippen MR) is 115 cm³/mol. The first-order valence-electron chi connectivity index (χ1n) is 10.2. The molecule has 6 heteroatoms. The van der Waals surface area contributed by atoms with E-state index in [9.17, 15) is 9.59 Å². The predicted octanol–water partition coefficient (Wildman–Crippen LogP) is 3.19. The van der Waals surface area contributed by atoms with Gasteiger partial charge in [0, 0.05) is 12.2 Å². The van der Waals surface area contributed by atoms with Crippen LogP contribution in [0.15, 0.2) is 66.7 Å². The van der Waals surface area contributed by atoms with Crippen molar-refractivity contribution in [2.24, 2.45) is 5.92 Å². The Hall–Kier alpha value is -3.54. The van der Waals surface area contributed by atoms with Gasteiger partial charge in [-0.3, -0.25) is 9.59 Å². The molecular formula is C24H24N4O2. The number of amides is 2. The van der Waals surface area contributed by atoms with Gasteiger partial charge in [0.15, 0.2) is 5.69 Å². The Labute approximate surface area is 175 Å². The molecule has 0 saturated carbocycles. The number of carbonyl (C=O) groups is 2. The zero-order chi connectivity index (χ0) is 20.8. The molecule has 30 heavy (non-hydrogen) atoms. The topological polar surface area (TPSA) is 84.0 Å². The maximum atomic E-state index is 12.5. The fourth-order valence-corrected chi connectivity index (χ4v) is 3.59. The van der Waals surface area contributed by atoms with Crippen LogP contribution in [0.3, 0.4) is 0 Å².